The first-order valence-corrected chi connectivity index (χ1v) is 12.0. The summed E-state index contributed by atoms with van der Waals surface area (Å²) in [5, 5.41) is 11.2. The molecule has 1 N–H and O–H groups in total. The maximum absolute atomic E-state index is 12.5. The van der Waals surface area contributed by atoms with Gasteiger partial charge in [-0.3, -0.25) is 4.57 Å². The van der Waals surface area contributed by atoms with Gasteiger partial charge >= 0.3 is 6.09 Å². The summed E-state index contributed by atoms with van der Waals surface area (Å²) in [7, 11) is -1.53. The number of ether oxygens (including phenoxy) is 1. The molecule has 1 unspecified atom stereocenters. The molecule has 1 heterocycles. The number of aromatic nitrogens is 1. The van der Waals surface area contributed by atoms with E-state index >= 15 is 0 Å². The predicted octanol–water partition coefficient (Wildman–Crippen LogP) is 4.21. The number of aliphatic hydroxyl groups is 1. The van der Waals surface area contributed by atoms with Crippen LogP contribution in [0.15, 0.2) is 30.5 Å². The van der Waals surface area contributed by atoms with Gasteiger partial charge < -0.3 is 9.84 Å². The molecule has 5 heteroatoms. The number of carbonyl (C=O) groups is 1. The van der Waals surface area contributed by atoms with Crippen molar-refractivity contribution in [3.05, 3.63) is 36.0 Å². The number of fused-ring (bicyclic) bond motifs is 1. The molecule has 0 bridgehead atoms. The van der Waals surface area contributed by atoms with Crippen LogP contribution >= 0.6 is 0 Å². The Morgan fingerprint density at radius 2 is 1.92 bits per heavy atom. The van der Waals surface area contributed by atoms with E-state index in [-0.39, 0.29) is 0 Å². The van der Waals surface area contributed by atoms with Gasteiger partial charge in [0, 0.05) is 18.0 Å². The molecule has 0 spiro atoms. The zero-order valence-electron chi connectivity index (χ0n) is 15.9. The Hall–Kier alpha value is -2.03. The molecular formula is C20H27NO3Si. The third-order valence-corrected chi connectivity index (χ3v) is 4.31. The van der Waals surface area contributed by atoms with Crippen molar-refractivity contribution in [2.24, 2.45) is 0 Å². The van der Waals surface area contributed by atoms with Gasteiger partial charge in [0.25, 0.3) is 0 Å². The average molecular weight is 358 g/mol. The minimum Gasteiger partial charge on any atom is -0.443 e. The number of para-hydroxylation sites is 1. The van der Waals surface area contributed by atoms with E-state index in [1.807, 2.05) is 45.0 Å². The Morgan fingerprint density at radius 3 is 2.52 bits per heavy atom. The standard InChI is InChI=1S/C20H27NO3Si/c1-20(2,3)24-19(23)21-14-15(17-9-7-8-10-18(17)21)13-16(22)11-12-25(4,5)6/h7-10,14,16,22H,13H2,1-6H3. The highest BCUT2D eigenvalue weighted by atomic mass is 28.3. The van der Waals surface area contributed by atoms with Gasteiger partial charge in [-0.25, -0.2) is 4.79 Å². The van der Waals surface area contributed by atoms with Crippen LogP contribution in [0.5, 0.6) is 0 Å². The van der Waals surface area contributed by atoms with Gasteiger partial charge in [0.1, 0.15) is 19.8 Å². The highest BCUT2D eigenvalue weighted by molar-refractivity contribution is 6.83. The van der Waals surface area contributed by atoms with Crippen molar-refractivity contribution in [1.82, 2.24) is 4.57 Å². The second kappa shape index (κ2) is 7.07. The lowest BCUT2D eigenvalue weighted by Gasteiger charge is -2.19. The third-order valence-electron chi connectivity index (χ3n) is 3.41. The summed E-state index contributed by atoms with van der Waals surface area (Å²) in [6.45, 7) is 11.9. The summed E-state index contributed by atoms with van der Waals surface area (Å²) in [6.07, 6.45) is 0.966. The molecule has 0 radical (unpaired) electrons. The second-order valence-corrected chi connectivity index (χ2v) is 13.0. The molecule has 25 heavy (non-hydrogen) atoms. The van der Waals surface area contributed by atoms with Gasteiger partial charge in [-0.15, -0.1) is 5.54 Å². The number of hydrogen-bond donors (Lipinski definition) is 1. The minimum absolute atomic E-state index is 0.383. The van der Waals surface area contributed by atoms with E-state index in [9.17, 15) is 9.90 Å². The van der Waals surface area contributed by atoms with Crippen molar-refractivity contribution in [2.75, 3.05) is 0 Å². The molecule has 1 aromatic heterocycles. The van der Waals surface area contributed by atoms with Crippen molar-refractivity contribution < 1.29 is 14.6 Å². The van der Waals surface area contributed by atoms with Crippen molar-refractivity contribution in [2.45, 2.75) is 58.5 Å². The molecule has 2 aromatic rings. The molecule has 0 saturated heterocycles. The van der Waals surface area contributed by atoms with Crippen molar-refractivity contribution in [1.29, 1.82) is 0 Å². The molecule has 2 rings (SSSR count). The van der Waals surface area contributed by atoms with Crippen LogP contribution in [0.3, 0.4) is 0 Å². The van der Waals surface area contributed by atoms with Crippen LogP contribution in [0.25, 0.3) is 10.9 Å². The lowest BCUT2D eigenvalue weighted by atomic mass is 10.1. The first kappa shape index (κ1) is 19.3. The normalized spacial score (nSPS) is 13.2. The zero-order valence-corrected chi connectivity index (χ0v) is 16.9. The SMILES string of the molecule is CC(C)(C)OC(=O)n1cc(CC(O)C#C[Si](C)(C)C)c2ccccc21. The molecule has 4 nitrogen and oxygen atoms in total. The molecule has 134 valence electrons. The molecule has 0 saturated carbocycles. The molecule has 1 atom stereocenters. The lowest BCUT2D eigenvalue weighted by Crippen LogP contribution is -2.26. The van der Waals surface area contributed by atoms with Gasteiger partial charge in [-0.1, -0.05) is 43.8 Å². The summed E-state index contributed by atoms with van der Waals surface area (Å²) in [6, 6.07) is 7.63. The molecule has 0 aliphatic heterocycles. The van der Waals surface area contributed by atoms with Crippen LogP contribution in [0.2, 0.25) is 19.6 Å². The van der Waals surface area contributed by atoms with Gasteiger partial charge in [0.2, 0.25) is 0 Å². The second-order valence-electron chi connectivity index (χ2n) is 8.26. The molecule has 0 amide bonds. The molecule has 1 aromatic carbocycles. The van der Waals surface area contributed by atoms with Gasteiger partial charge in [0.05, 0.1) is 5.52 Å². The maximum atomic E-state index is 12.5. The van der Waals surface area contributed by atoms with E-state index in [4.69, 9.17) is 4.74 Å². The van der Waals surface area contributed by atoms with Crippen molar-refractivity contribution in [3.8, 4) is 11.5 Å². The Balaban J connectivity index is 2.35. The highest BCUT2D eigenvalue weighted by Gasteiger charge is 2.21. The summed E-state index contributed by atoms with van der Waals surface area (Å²) in [5.74, 6) is 2.95. The maximum Gasteiger partial charge on any atom is 0.419 e. The van der Waals surface area contributed by atoms with Gasteiger partial charge in [0.15, 0.2) is 0 Å². The number of hydrogen-bond acceptors (Lipinski definition) is 3. The molecule has 0 aliphatic rings. The Morgan fingerprint density at radius 1 is 1.28 bits per heavy atom. The van der Waals surface area contributed by atoms with E-state index in [0.29, 0.717) is 6.42 Å². The van der Waals surface area contributed by atoms with Crippen LogP contribution in [0.4, 0.5) is 4.79 Å². The van der Waals surface area contributed by atoms with Gasteiger partial charge in [-0.2, -0.15) is 0 Å². The quantitative estimate of drug-likeness (QED) is 0.647. The molecular weight excluding hydrogens is 330 g/mol. The minimum atomic E-state index is -1.53. The Kier molecular flexibility index (Phi) is 5.45. The molecule has 0 fully saturated rings. The average Bonchev–Trinajstić information content (AvgIpc) is 2.82. The van der Waals surface area contributed by atoms with E-state index in [1.54, 1.807) is 6.20 Å². The van der Waals surface area contributed by atoms with Crippen molar-refractivity contribution >= 4 is 25.1 Å². The van der Waals surface area contributed by atoms with E-state index in [2.05, 4.69) is 31.1 Å². The fourth-order valence-corrected chi connectivity index (χ4v) is 3.03. The van der Waals surface area contributed by atoms with Crippen LogP contribution in [0.1, 0.15) is 26.3 Å². The predicted molar refractivity (Wildman–Crippen MR) is 104 cm³/mol. The van der Waals surface area contributed by atoms with Crippen LogP contribution in [-0.4, -0.2) is 35.5 Å². The summed E-state index contributed by atoms with van der Waals surface area (Å²) >= 11 is 0. The Labute approximate surface area is 150 Å². The van der Waals surface area contributed by atoms with Crippen molar-refractivity contribution in [3.63, 3.8) is 0 Å². The number of nitrogens with zero attached hydrogens (tertiary/aromatic N) is 1. The topological polar surface area (TPSA) is 51.5 Å². The number of aliphatic hydroxyl groups excluding tert-OH is 1. The Bertz CT molecular complexity index is 828. The van der Waals surface area contributed by atoms with Crippen LogP contribution in [0, 0.1) is 11.5 Å². The number of benzene rings is 1. The summed E-state index contributed by atoms with van der Waals surface area (Å²) in [5.41, 5.74) is 4.29. The monoisotopic (exact) mass is 357 g/mol. The summed E-state index contributed by atoms with van der Waals surface area (Å²) in [4.78, 5) is 12.5. The number of rotatable bonds is 2. The van der Waals surface area contributed by atoms with Crippen LogP contribution in [-0.2, 0) is 11.2 Å². The first-order valence-electron chi connectivity index (χ1n) is 8.49. The smallest absolute Gasteiger partial charge is 0.419 e. The van der Waals surface area contributed by atoms with Crippen LogP contribution < -0.4 is 0 Å². The lowest BCUT2D eigenvalue weighted by molar-refractivity contribution is 0.0544. The summed E-state index contributed by atoms with van der Waals surface area (Å²) < 4.78 is 6.99. The van der Waals surface area contributed by atoms with Gasteiger partial charge in [-0.05, 0) is 32.4 Å². The first-order chi connectivity index (χ1) is 11.5. The molecule has 0 aliphatic carbocycles. The zero-order chi connectivity index (χ0) is 18.8. The fourth-order valence-electron chi connectivity index (χ4n) is 2.43. The number of carbonyl (C=O) groups excluding carboxylic acids is 1. The van der Waals surface area contributed by atoms with E-state index < -0.39 is 25.9 Å². The fraction of sp³-hybridized carbons (Fsp3) is 0.450. The van der Waals surface area contributed by atoms with E-state index in [1.165, 1.54) is 4.57 Å². The third kappa shape index (κ3) is 5.48. The highest BCUT2D eigenvalue weighted by Crippen LogP contribution is 2.24. The van der Waals surface area contributed by atoms with E-state index in [0.717, 1.165) is 16.5 Å². The largest absolute Gasteiger partial charge is 0.443 e.